The van der Waals surface area contributed by atoms with Gasteiger partial charge in [-0.05, 0) is 13.5 Å². The van der Waals surface area contributed by atoms with Crippen LogP contribution < -0.4 is 0 Å². The van der Waals surface area contributed by atoms with Gasteiger partial charge in [0.05, 0.1) is 0 Å². The highest BCUT2D eigenvalue weighted by Gasteiger charge is 2.27. The van der Waals surface area contributed by atoms with Gasteiger partial charge < -0.3 is 0 Å². The molecule has 2 atom stereocenters. The van der Waals surface area contributed by atoms with E-state index in [2.05, 4.69) is 17.1 Å². The summed E-state index contributed by atoms with van der Waals surface area (Å²) in [6.45, 7) is 0. The van der Waals surface area contributed by atoms with Crippen molar-refractivity contribution in [1.29, 1.82) is 0 Å². The topological polar surface area (TPSA) is 37.4 Å². The second-order valence-corrected chi connectivity index (χ2v) is 6.54. The average Bonchev–Trinajstić information content (AvgIpc) is 2.66. The van der Waals surface area contributed by atoms with Gasteiger partial charge in [-0.2, -0.15) is 0 Å². The Kier molecular flexibility index (Phi) is 5.56. The molecule has 128 valence electrons. The zero-order valence-electron chi connectivity index (χ0n) is 14.5. The summed E-state index contributed by atoms with van der Waals surface area (Å²) in [6, 6.07) is 19.0. The van der Waals surface area contributed by atoms with Crippen molar-refractivity contribution in [3.05, 3.63) is 83.9 Å². The summed E-state index contributed by atoms with van der Waals surface area (Å²) in [4.78, 5) is 27.1. The number of Topliss-reactive ketones (excluding diaryl/α,β-unsaturated/α-hetero) is 2. The Morgan fingerprint density at radius 2 is 1.40 bits per heavy atom. The van der Waals surface area contributed by atoms with Gasteiger partial charge >= 0.3 is 0 Å². The Bertz CT molecular complexity index is 752. The Morgan fingerprint density at radius 3 is 1.96 bits per heavy atom. The Balaban J connectivity index is 1.64. The molecular weight excluding hydrogens is 310 g/mol. The fourth-order valence-corrected chi connectivity index (χ4v) is 3.29. The van der Waals surface area contributed by atoms with Gasteiger partial charge in [-0.3, -0.25) is 14.5 Å². The van der Waals surface area contributed by atoms with E-state index in [9.17, 15) is 9.59 Å². The van der Waals surface area contributed by atoms with Gasteiger partial charge in [0.1, 0.15) is 0 Å². The lowest BCUT2D eigenvalue weighted by atomic mass is 9.93. The van der Waals surface area contributed by atoms with Gasteiger partial charge in [0.25, 0.3) is 0 Å². The maximum Gasteiger partial charge on any atom is 0.164 e. The Labute approximate surface area is 149 Å². The van der Waals surface area contributed by atoms with E-state index in [1.165, 1.54) is 0 Å². The molecule has 3 rings (SSSR count). The number of benzene rings is 2. The van der Waals surface area contributed by atoms with Crippen molar-refractivity contribution in [2.75, 3.05) is 7.05 Å². The van der Waals surface area contributed by atoms with Gasteiger partial charge in [0.2, 0.25) is 0 Å². The molecule has 2 aromatic carbocycles. The van der Waals surface area contributed by atoms with Crippen LogP contribution in [0.3, 0.4) is 0 Å². The molecule has 0 fully saturated rings. The fourth-order valence-electron chi connectivity index (χ4n) is 3.29. The monoisotopic (exact) mass is 333 g/mol. The lowest BCUT2D eigenvalue weighted by molar-refractivity contribution is 0.0872. The molecule has 0 N–H and O–H groups in total. The summed E-state index contributed by atoms with van der Waals surface area (Å²) in [7, 11) is 2.01. The third-order valence-corrected chi connectivity index (χ3v) is 4.87. The number of hydrogen-bond donors (Lipinski definition) is 0. The van der Waals surface area contributed by atoms with Crippen molar-refractivity contribution < 1.29 is 9.59 Å². The highest BCUT2D eigenvalue weighted by molar-refractivity contribution is 5.97. The predicted molar refractivity (Wildman–Crippen MR) is 99.9 cm³/mol. The maximum absolute atomic E-state index is 12.5. The molecule has 0 bridgehead atoms. The molecule has 1 aliphatic rings. The van der Waals surface area contributed by atoms with E-state index in [0.29, 0.717) is 12.8 Å². The van der Waals surface area contributed by atoms with Crippen LogP contribution in [0, 0.1) is 0 Å². The van der Waals surface area contributed by atoms with E-state index >= 15 is 0 Å². The van der Waals surface area contributed by atoms with Crippen molar-refractivity contribution in [2.24, 2.45) is 0 Å². The summed E-state index contributed by atoms with van der Waals surface area (Å²) < 4.78 is 0. The third kappa shape index (κ3) is 4.31. The normalized spacial score (nSPS) is 20.4. The molecule has 3 heteroatoms. The van der Waals surface area contributed by atoms with Gasteiger partial charge in [-0.25, -0.2) is 0 Å². The molecule has 2 aromatic rings. The van der Waals surface area contributed by atoms with Crippen LogP contribution in [0.2, 0.25) is 0 Å². The average molecular weight is 333 g/mol. The molecule has 0 aromatic heterocycles. The first-order chi connectivity index (χ1) is 12.1. The van der Waals surface area contributed by atoms with Crippen LogP contribution in [0.15, 0.2) is 72.8 Å². The fraction of sp³-hybridized carbons (Fsp3) is 0.273. The van der Waals surface area contributed by atoms with Crippen LogP contribution in [0.4, 0.5) is 0 Å². The van der Waals surface area contributed by atoms with E-state index in [4.69, 9.17) is 0 Å². The summed E-state index contributed by atoms with van der Waals surface area (Å²) in [5, 5.41) is 0. The van der Waals surface area contributed by atoms with Gasteiger partial charge in [-0.15, -0.1) is 0 Å². The number of hydrogen-bond acceptors (Lipinski definition) is 3. The van der Waals surface area contributed by atoms with Gasteiger partial charge in [-0.1, -0.05) is 72.8 Å². The highest BCUT2D eigenvalue weighted by atomic mass is 16.1. The number of likely N-dealkylation sites (N-methyl/N-ethyl adjacent to an activating group) is 1. The van der Waals surface area contributed by atoms with Crippen LogP contribution in [0.1, 0.15) is 40.0 Å². The van der Waals surface area contributed by atoms with Crippen molar-refractivity contribution >= 4 is 11.6 Å². The van der Waals surface area contributed by atoms with Crippen LogP contribution in [0.5, 0.6) is 0 Å². The molecule has 0 spiro atoms. The second-order valence-electron chi connectivity index (χ2n) is 6.54. The first-order valence-corrected chi connectivity index (χ1v) is 8.70. The minimum Gasteiger partial charge on any atom is -0.296 e. The third-order valence-electron chi connectivity index (χ3n) is 4.87. The minimum absolute atomic E-state index is 0.0371. The van der Waals surface area contributed by atoms with Crippen molar-refractivity contribution in [3.8, 4) is 0 Å². The summed E-state index contributed by atoms with van der Waals surface area (Å²) in [5.41, 5.74) is 1.49. The molecule has 0 amide bonds. The van der Waals surface area contributed by atoms with Gasteiger partial charge in [0.15, 0.2) is 11.6 Å². The molecule has 0 unspecified atom stereocenters. The lowest BCUT2D eigenvalue weighted by Gasteiger charge is -2.35. The zero-order valence-corrected chi connectivity index (χ0v) is 14.5. The lowest BCUT2D eigenvalue weighted by Crippen LogP contribution is -2.43. The molecule has 25 heavy (non-hydrogen) atoms. The Hall–Kier alpha value is -2.52. The number of rotatable bonds is 6. The van der Waals surface area contributed by atoms with Crippen LogP contribution >= 0.6 is 0 Å². The first kappa shape index (κ1) is 17.3. The van der Waals surface area contributed by atoms with Crippen molar-refractivity contribution in [2.45, 2.75) is 31.3 Å². The molecule has 0 aliphatic carbocycles. The van der Waals surface area contributed by atoms with E-state index in [0.717, 1.165) is 17.5 Å². The summed E-state index contributed by atoms with van der Waals surface area (Å²) >= 11 is 0. The molecule has 1 heterocycles. The molecule has 0 saturated carbocycles. The van der Waals surface area contributed by atoms with E-state index < -0.39 is 0 Å². The van der Waals surface area contributed by atoms with Gasteiger partial charge in [0, 0.05) is 36.1 Å². The molecule has 3 nitrogen and oxygen atoms in total. The summed E-state index contributed by atoms with van der Waals surface area (Å²) in [6.07, 6.45) is 5.94. The van der Waals surface area contributed by atoms with Crippen LogP contribution in [0.25, 0.3) is 0 Å². The van der Waals surface area contributed by atoms with Crippen LogP contribution in [-0.2, 0) is 0 Å². The van der Waals surface area contributed by atoms with Crippen LogP contribution in [-0.4, -0.2) is 35.6 Å². The Morgan fingerprint density at radius 1 is 0.880 bits per heavy atom. The standard InChI is InChI=1S/C22H23NO2/c1-23-19(15-21(24)17-9-4-2-5-10-17)13-8-14-20(23)16-22(25)18-11-6-3-7-12-18/h2-13,19-20H,14-16H2,1H3/t19-,20+/m1/s1. The number of carbonyl (C=O) groups is 2. The second kappa shape index (κ2) is 8.04. The highest BCUT2D eigenvalue weighted by Crippen LogP contribution is 2.23. The molecule has 1 aliphatic heterocycles. The quantitative estimate of drug-likeness (QED) is 0.588. The van der Waals surface area contributed by atoms with Crippen molar-refractivity contribution in [1.82, 2.24) is 4.90 Å². The summed E-state index contributed by atoms with van der Waals surface area (Å²) in [5.74, 6) is 0.290. The number of nitrogens with zero attached hydrogens (tertiary/aromatic N) is 1. The first-order valence-electron chi connectivity index (χ1n) is 8.70. The largest absolute Gasteiger partial charge is 0.296 e. The SMILES string of the molecule is CN1[C@H](CC(=O)c2ccccc2)CC=C[C@@H]1CC(=O)c1ccccc1. The van der Waals surface area contributed by atoms with E-state index in [1.807, 2.05) is 67.7 Å². The zero-order chi connectivity index (χ0) is 17.6. The minimum atomic E-state index is 0.0371. The molecular formula is C22H23NO2. The smallest absolute Gasteiger partial charge is 0.164 e. The number of ketones is 2. The molecule has 0 saturated heterocycles. The van der Waals surface area contributed by atoms with E-state index in [-0.39, 0.29) is 23.7 Å². The van der Waals surface area contributed by atoms with E-state index in [1.54, 1.807) is 0 Å². The predicted octanol–water partition coefficient (Wildman–Crippen LogP) is 4.16. The molecule has 0 radical (unpaired) electrons. The van der Waals surface area contributed by atoms with Crippen molar-refractivity contribution in [3.63, 3.8) is 0 Å². The number of carbonyl (C=O) groups excluding carboxylic acids is 2. The maximum atomic E-state index is 12.5.